The minimum Gasteiger partial charge on any atom is -0.397 e. The summed E-state index contributed by atoms with van der Waals surface area (Å²) in [6, 6.07) is 5.46. The first kappa shape index (κ1) is 8.57. The van der Waals surface area contributed by atoms with E-state index in [1.807, 2.05) is 6.07 Å². The molecule has 2 N–H and O–H groups in total. The van der Waals surface area contributed by atoms with Gasteiger partial charge < -0.3 is 5.73 Å². The van der Waals surface area contributed by atoms with Gasteiger partial charge in [-0.15, -0.1) is 0 Å². The van der Waals surface area contributed by atoms with E-state index in [4.69, 9.17) is 11.0 Å². The minimum absolute atomic E-state index is 0.547. The van der Waals surface area contributed by atoms with Gasteiger partial charge in [-0.25, -0.2) is 0 Å². The molecule has 11 heavy (non-hydrogen) atoms. The predicted molar refractivity (Wildman–Crippen MR) is 51.0 cm³/mol. The monoisotopic (exact) mass is 274 g/mol. The Hall–Kier alpha value is -0.530. The third kappa shape index (κ3) is 1.55. The summed E-state index contributed by atoms with van der Waals surface area (Å²) < 4.78 is 1.44. The van der Waals surface area contributed by atoms with E-state index < -0.39 is 0 Å². The van der Waals surface area contributed by atoms with Gasteiger partial charge in [0.1, 0.15) is 6.07 Å². The van der Waals surface area contributed by atoms with E-state index in [1.165, 1.54) is 0 Å². The zero-order chi connectivity index (χ0) is 8.43. The molecule has 1 aromatic carbocycles. The third-order valence-electron chi connectivity index (χ3n) is 1.25. The van der Waals surface area contributed by atoms with Crippen LogP contribution < -0.4 is 5.73 Å². The van der Waals surface area contributed by atoms with Gasteiger partial charge in [0.2, 0.25) is 0 Å². The van der Waals surface area contributed by atoms with Gasteiger partial charge in [0.05, 0.1) is 15.7 Å². The first-order valence-electron chi connectivity index (χ1n) is 2.80. The van der Waals surface area contributed by atoms with Gasteiger partial charge in [-0.2, -0.15) is 5.26 Å². The van der Waals surface area contributed by atoms with Gasteiger partial charge in [-0.3, -0.25) is 0 Å². The zero-order valence-corrected chi connectivity index (χ0v) is 8.61. The van der Waals surface area contributed by atoms with Crippen molar-refractivity contribution in [3.05, 3.63) is 26.6 Å². The van der Waals surface area contributed by atoms with Crippen LogP contribution in [0.5, 0.6) is 0 Å². The van der Waals surface area contributed by atoms with Crippen LogP contribution in [-0.4, -0.2) is 0 Å². The summed E-state index contributed by atoms with van der Waals surface area (Å²) in [5.41, 5.74) is 6.72. The van der Waals surface area contributed by atoms with Crippen molar-refractivity contribution in [3.63, 3.8) is 0 Å². The van der Waals surface area contributed by atoms with Crippen molar-refractivity contribution in [2.75, 3.05) is 5.73 Å². The largest absolute Gasteiger partial charge is 0.397 e. The van der Waals surface area contributed by atoms with Crippen molar-refractivity contribution in [3.8, 4) is 6.07 Å². The molecule has 0 bridgehead atoms. The maximum absolute atomic E-state index is 8.58. The maximum Gasteiger partial charge on any atom is 0.100 e. The van der Waals surface area contributed by atoms with E-state index in [1.54, 1.807) is 12.1 Å². The molecule has 0 saturated carbocycles. The molecule has 0 aliphatic carbocycles. The normalized spacial score (nSPS) is 9.18. The molecule has 0 unspecified atom stereocenters. The van der Waals surface area contributed by atoms with E-state index in [2.05, 4.69) is 31.9 Å². The SMILES string of the molecule is N#Cc1ccc(Br)c(N)c1Br. The van der Waals surface area contributed by atoms with Crippen LogP contribution in [-0.2, 0) is 0 Å². The topological polar surface area (TPSA) is 49.8 Å². The van der Waals surface area contributed by atoms with E-state index in [9.17, 15) is 0 Å². The fourth-order valence-corrected chi connectivity index (χ4v) is 1.69. The number of rotatable bonds is 0. The lowest BCUT2D eigenvalue weighted by molar-refractivity contribution is 1.46. The number of benzene rings is 1. The second kappa shape index (κ2) is 3.24. The molecule has 0 aliphatic rings. The van der Waals surface area contributed by atoms with Crippen molar-refractivity contribution in [2.24, 2.45) is 0 Å². The fraction of sp³-hybridized carbons (Fsp3) is 0. The van der Waals surface area contributed by atoms with Crippen LogP contribution in [0.25, 0.3) is 0 Å². The van der Waals surface area contributed by atoms with Crippen LogP contribution in [0, 0.1) is 11.3 Å². The standard InChI is InChI=1S/C7H4Br2N2/c8-5-2-1-4(3-10)6(9)7(5)11/h1-2H,11H2. The number of nitrogens with two attached hydrogens (primary N) is 1. The van der Waals surface area contributed by atoms with E-state index >= 15 is 0 Å². The van der Waals surface area contributed by atoms with Crippen molar-refractivity contribution in [1.82, 2.24) is 0 Å². The van der Waals surface area contributed by atoms with Crippen molar-refractivity contribution in [1.29, 1.82) is 5.26 Å². The van der Waals surface area contributed by atoms with Crippen LogP contribution >= 0.6 is 31.9 Å². The molecule has 2 nitrogen and oxygen atoms in total. The Kier molecular flexibility index (Phi) is 2.53. The molecule has 0 aromatic heterocycles. The van der Waals surface area contributed by atoms with Crippen LogP contribution in [0.3, 0.4) is 0 Å². The third-order valence-corrected chi connectivity index (χ3v) is 2.79. The Bertz CT molecular complexity index is 328. The Labute approximate surface area is 81.3 Å². The number of nitrogens with zero attached hydrogens (tertiary/aromatic N) is 1. The summed E-state index contributed by atoms with van der Waals surface area (Å²) in [5.74, 6) is 0. The molecule has 0 atom stereocenters. The summed E-state index contributed by atoms with van der Waals surface area (Å²) in [5, 5.41) is 8.58. The second-order valence-corrected chi connectivity index (χ2v) is 3.58. The summed E-state index contributed by atoms with van der Waals surface area (Å²) in [7, 11) is 0. The van der Waals surface area contributed by atoms with Crippen molar-refractivity contribution < 1.29 is 0 Å². The Morgan fingerprint density at radius 1 is 1.36 bits per heavy atom. The Morgan fingerprint density at radius 3 is 2.55 bits per heavy atom. The van der Waals surface area contributed by atoms with Crippen molar-refractivity contribution in [2.45, 2.75) is 0 Å². The molecule has 1 rings (SSSR count). The number of halogens is 2. The van der Waals surface area contributed by atoms with Gasteiger partial charge in [0, 0.05) is 4.47 Å². The van der Waals surface area contributed by atoms with Gasteiger partial charge in [-0.1, -0.05) is 0 Å². The molecule has 0 amide bonds. The van der Waals surface area contributed by atoms with Gasteiger partial charge >= 0.3 is 0 Å². The average molecular weight is 276 g/mol. The molecule has 0 fully saturated rings. The molecule has 56 valence electrons. The molecular weight excluding hydrogens is 272 g/mol. The summed E-state index contributed by atoms with van der Waals surface area (Å²) in [4.78, 5) is 0. The number of nitriles is 1. The van der Waals surface area contributed by atoms with Crippen LogP contribution in [0.15, 0.2) is 21.1 Å². The fourth-order valence-electron chi connectivity index (χ4n) is 0.656. The molecule has 0 saturated heterocycles. The van der Waals surface area contributed by atoms with Crippen LogP contribution in [0.2, 0.25) is 0 Å². The lowest BCUT2D eigenvalue weighted by Gasteiger charge is -2.01. The van der Waals surface area contributed by atoms with Gasteiger partial charge in [0.15, 0.2) is 0 Å². The highest BCUT2D eigenvalue weighted by molar-refractivity contribution is 9.11. The van der Waals surface area contributed by atoms with E-state index in [-0.39, 0.29) is 0 Å². The average Bonchev–Trinajstić information content (AvgIpc) is 2.01. The second-order valence-electron chi connectivity index (χ2n) is 1.93. The molecular formula is C7H4Br2N2. The van der Waals surface area contributed by atoms with E-state index in [0.717, 1.165) is 4.47 Å². The van der Waals surface area contributed by atoms with E-state index in [0.29, 0.717) is 15.7 Å². The van der Waals surface area contributed by atoms with Crippen molar-refractivity contribution >= 4 is 37.5 Å². The number of hydrogen-bond acceptors (Lipinski definition) is 2. The number of hydrogen-bond donors (Lipinski definition) is 1. The summed E-state index contributed by atoms with van der Waals surface area (Å²) in [6.45, 7) is 0. The molecule has 0 heterocycles. The lowest BCUT2D eigenvalue weighted by Crippen LogP contribution is -1.90. The summed E-state index contributed by atoms with van der Waals surface area (Å²) >= 11 is 6.46. The first-order chi connectivity index (χ1) is 5.16. The smallest absolute Gasteiger partial charge is 0.100 e. The summed E-state index contributed by atoms with van der Waals surface area (Å²) in [6.07, 6.45) is 0. The first-order valence-corrected chi connectivity index (χ1v) is 4.39. The molecule has 0 aliphatic heterocycles. The Morgan fingerprint density at radius 2 is 2.00 bits per heavy atom. The Balaban J connectivity index is 3.40. The van der Waals surface area contributed by atoms with Gasteiger partial charge in [0.25, 0.3) is 0 Å². The van der Waals surface area contributed by atoms with Crippen LogP contribution in [0.4, 0.5) is 5.69 Å². The molecule has 4 heteroatoms. The lowest BCUT2D eigenvalue weighted by atomic mass is 10.2. The van der Waals surface area contributed by atoms with Gasteiger partial charge in [-0.05, 0) is 44.0 Å². The van der Waals surface area contributed by atoms with Crippen LogP contribution in [0.1, 0.15) is 5.56 Å². The maximum atomic E-state index is 8.58. The highest BCUT2D eigenvalue weighted by atomic mass is 79.9. The predicted octanol–water partition coefficient (Wildman–Crippen LogP) is 2.67. The molecule has 1 aromatic rings. The number of anilines is 1. The molecule has 0 radical (unpaired) electrons. The highest BCUT2D eigenvalue weighted by Crippen LogP contribution is 2.30. The molecule has 0 spiro atoms. The highest BCUT2D eigenvalue weighted by Gasteiger charge is 2.04. The quantitative estimate of drug-likeness (QED) is 0.740. The minimum atomic E-state index is 0.547. The zero-order valence-electron chi connectivity index (χ0n) is 5.44. The number of nitrogen functional groups attached to an aromatic ring is 1.